The number of halogens is 1. The first-order valence-electron chi connectivity index (χ1n) is 9.35. The predicted molar refractivity (Wildman–Crippen MR) is 108 cm³/mol. The third-order valence-electron chi connectivity index (χ3n) is 5.50. The van der Waals surface area contributed by atoms with Gasteiger partial charge in [-0.2, -0.15) is 0 Å². The summed E-state index contributed by atoms with van der Waals surface area (Å²) in [5, 5.41) is 0. The molecule has 0 saturated carbocycles. The molecule has 3 atom stereocenters. The summed E-state index contributed by atoms with van der Waals surface area (Å²) in [5.41, 5.74) is -0.0326. The fourth-order valence-electron chi connectivity index (χ4n) is 4.14. The number of nitrogens with zero attached hydrogens (tertiary/aromatic N) is 2. The largest absolute Gasteiger partial charge is 0.469 e. The molecular weight excluding hydrogens is 407 g/mol. The lowest BCUT2D eigenvalue weighted by atomic mass is 9.81. The zero-order valence-electron chi connectivity index (χ0n) is 16.2. The summed E-state index contributed by atoms with van der Waals surface area (Å²) >= 11 is 1.21. The molecule has 0 aliphatic carbocycles. The average molecular weight is 424 g/mol. The highest BCUT2D eigenvalue weighted by Gasteiger charge is 2.55. The second kappa shape index (κ2) is 6.63. The molecular formula is C22H17FN2O4S. The summed E-state index contributed by atoms with van der Waals surface area (Å²) in [7, 11) is 1.31. The van der Waals surface area contributed by atoms with Crippen LogP contribution in [-0.2, 0) is 9.53 Å². The van der Waals surface area contributed by atoms with E-state index in [0.717, 1.165) is 5.56 Å². The number of para-hydroxylation sites is 1. The number of fused-ring (bicyclic) bond motifs is 6. The number of rotatable bonds is 2. The Hall–Kier alpha value is -3.26. The van der Waals surface area contributed by atoms with Gasteiger partial charge in [0.15, 0.2) is 4.80 Å². The van der Waals surface area contributed by atoms with E-state index in [1.54, 1.807) is 35.8 Å². The lowest BCUT2D eigenvalue weighted by molar-refractivity contribution is -0.158. The number of benzene rings is 2. The quantitative estimate of drug-likeness (QED) is 0.590. The monoisotopic (exact) mass is 424 g/mol. The fraction of sp³-hybridized carbons (Fsp3) is 0.227. The molecule has 0 spiro atoms. The maximum absolute atomic E-state index is 13.4. The molecule has 0 radical (unpaired) electrons. The van der Waals surface area contributed by atoms with Crippen LogP contribution >= 0.6 is 11.3 Å². The van der Waals surface area contributed by atoms with E-state index in [2.05, 4.69) is 4.99 Å². The Kier molecular flexibility index (Phi) is 4.14. The Balaban J connectivity index is 1.79. The van der Waals surface area contributed by atoms with Crippen LogP contribution < -0.4 is 19.6 Å². The zero-order chi connectivity index (χ0) is 21.0. The van der Waals surface area contributed by atoms with Crippen LogP contribution in [0.25, 0.3) is 6.08 Å². The van der Waals surface area contributed by atoms with Gasteiger partial charge in [0.25, 0.3) is 5.56 Å². The van der Waals surface area contributed by atoms with Crippen molar-refractivity contribution in [2.75, 3.05) is 7.11 Å². The third-order valence-corrected chi connectivity index (χ3v) is 6.49. The maximum atomic E-state index is 13.4. The molecule has 2 aliphatic rings. The molecule has 0 amide bonds. The standard InChI is InChI=1S/C22H17FN2O4S/c1-22-17(20(27)28-2)18(14-5-3-4-6-15(14)29-22)25-19(26)16(30-21(25)24-22)11-12-7-9-13(23)10-8-12/h3-11,17-18H,1-2H3/b16-11-/t17?,18?,22-/m0/s1. The first-order valence-corrected chi connectivity index (χ1v) is 10.2. The lowest BCUT2D eigenvalue weighted by Crippen LogP contribution is -2.58. The van der Waals surface area contributed by atoms with Crippen LogP contribution in [0.3, 0.4) is 0 Å². The van der Waals surface area contributed by atoms with Gasteiger partial charge < -0.3 is 9.47 Å². The Morgan fingerprint density at radius 2 is 2.00 bits per heavy atom. The van der Waals surface area contributed by atoms with Gasteiger partial charge in [-0.3, -0.25) is 14.2 Å². The molecule has 0 saturated heterocycles. The van der Waals surface area contributed by atoms with Crippen LogP contribution in [0.5, 0.6) is 5.75 Å². The van der Waals surface area contributed by atoms with Crippen molar-refractivity contribution in [3.8, 4) is 5.75 Å². The minimum absolute atomic E-state index is 0.263. The molecule has 1 aromatic heterocycles. The smallest absolute Gasteiger partial charge is 0.317 e. The van der Waals surface area contributed by atoms with E-state index in [1.807, 2.05) is 18.2 Å². The molecule has 2 bridgehead atoms. The van der Waals surface area contributed by atoms with Gasteiger partial charge in [0.05, 0.1) is 17.7 Å². The zero-order valence-corrected chi connectivity index (χ0v) is 17.0. The average Bonchev–Trinajstić information content (AvgIpc) is 3.02. The van der Waals surface area contributed by atoms with Crippen molar-refractivity contribution in [3.05, 3.63) is 85.2 Å². The van der Waals surface area contributed by atoms with Crippen molar-refractivity contribution in [3.63, 3.8) is 0 Å². The minimum atomic E-state index is -1.20. The van der Waals surface area contributed by atoms with E-state index in [0.29, 0.717) is 20.6 Å². The molecule has 2 unspecified atom stereocenters. The summed E-state index contributed by atoms with van der Waals surface area (Å²) in [6.07, 6.45) is 1.69. The van der Waals surface area contributed by atoms with Gasteiger partial charge in [-0.15, -0.1) is 0 Å². The molecule has 6 nitrogen and oxygen atoms in total. The van der Waals surface area contributed by atoms with Crippen molar-refractivity contribution in [2.45, 2.75) is 18.7 Å². The molecule has 30 heavy (non-hydrogen) atoms. The highest BCUT2D eigenvalue weighted by Crippen LogP contribution is 2.47. The van der Waals surface area contributed by atoms with Gasteiger partial charge in [-0.05, 0) is 36.8 Å². The molecule has 5 rings (SSSR count). The van der Waals surface area contributed by atoms with E-state index in [1.165, 1.54) is 30.6 Å². The van der Waals surface area contributed by atoms with E-state index < -0.39 is 23.7 Å². The summed E-state index contributed by atoms with van der Waals surface area (Å²) in [4.78, 5) is 31.2. The van der Waals surface area contributed by atoms with Crippen molar-refractivity contribution in [1.82, 2.24) is 4.57 Å². The highest BCUT2D eigenvalue weighted by molar-refractivity contribution is 7.07. The first-order chi connectivity index (χ1) is 14.4. The number of methoxy groups -OCH3 is 1. The molecule has 3 aromatic rings. The summed E-state index contributed by atoms with van der Waals surface area (Å²) in [5.74, 6) is -1.06. The number of esters is 1. The molecule has 0 N–H and O–H groups in total. The number of aromatic nitrogens is 1. The van der Waals surface area contributed by atoms with E-state index in [-0.39, 0.29) is 11.4 Å². The second-order valence-corrected chi connectivity index (χ2v) is 8.38. The molecule has 0 fully saturated rings. The number of carbonyl (C=O) groups excluding carboxylic acids is 1. The van der Waals surface area contributed by atoms with Crippen LogP contribution in [0, 0.1) is 11.7 Å². The van der Waals surface area contributed by atoms with E-state index in [9.17, 15) is 14.0 Å². The van der Waals surface area contributed by atoms with Crippen molar-refractivity contribution >= 4 is 23.4 Å². The summed E-state index contributed by atoms with van der Waals surface area (Å²) in [6, 6.07) is 12.6. The van der Waals surface area contributed by atoms with Gasteiger partial charge in [0.2, 0.25) is 5.72 Å². The number of thiazole rings is 1. The van der Waals surface area contributed by atoms with Gasteiger partial charge in [0.1, 0.15) is 17.5 Å². The van der Waals surface area contributed by atoms with Crippen LogP contribution in [0.2, 0.25) is 0 Å². The van der Waals surface area contributed by atoms with Crippen LogP contribution in [0.1, 0.15) is 24.1 Å². The van der Waals surface area contributed by atoms with Crippen LogP contribution in [0.15, 0.2) is 58.3 Å². The second-order valence-electron chi connectivity index (χ2n) is 7.37. The van der Waals surface area contributed by atoms with Gasteiger partial charge in [0, 0.05) is 5.56 Å². The predicted octanol–water partition coefficient (Wildman–Crippen LogP) is 2.00. The highest BCUT2D eigenvalue weighted by atomic mass is 32.1. The number of ether oxygens (including phenoxy) is 2. The van der Waals surface area contributed by atoms with Crippen molar-refractivity contribution < 1.29 is 18.7 Å². The van der Waals surface area contributed by atoms with Gasteiger partial charge >= 0.3 is 5.97 Å². The van der Waals surface area contributed by atoms with Crippen LogP contribution in [-0.4, -0.2) is 23.4 Å². The first kappa shape index (κ1) is 18.7. The molecule has 3 heterocycles. The van der Waals surface area contributed by atoms with Crippen molar-refractivity contribution in [2.24, 2.45) is 10.9 Å². The molecule has 2 aliphatic heterocycles. The van der Waals surface area contributed by atoms with Gasteiger partial charge in [-0.25, -0.2) is 9.38 Å². The van der Waals surface area contributed by atoms with E-state index in [4.69, 9.17) is 9.47 Å². The Bertz CT molecular complexity index is 1340. The third kappa shape index (κ3) is 2.71. The Morgan fingerprint density at radius 1 is 1.27 bits per heavy atom. The van der Waals surface area contributed by atoms with Crippen molar-refractivity contribution in [1.29, 1.82) is 0 Å². The molecule has 2 aromatic carbocycles. The summed E-state index contributed by atoms with van der Waals surface area (Å²) in [6.45, 7) is 1.73. The Morgan fingerprint density at radius 3 is 2.73 bits per heavy atom. The maximum Gasteiger partial charge on any atom is 0.317 e. The molecule has 8 heteroatoms. The fourth-order valence-corrected chi connectivity index (χ4v) is 5.24. The summed E-state index contributed by atoms with van der Waals surface area (Å²) < 4.78 is 26.4. The molecule has 152 valence electrons. The SMILES string of the molecule is COC(=O)C1C2c3ccccc3O[C@]1(C)N=c1s/c(=C\c3ccc(F)cc3)c(=O)n12. The van der Waals surface area contributed by atoms with Crippen LogP contribution in [0.4, 0.5) is 4.39 Å². The number of hydrogen-bond donors (Lipinski definition) is 0. The van der Waals surface area contributed by atoms with E-state index >= 15 is 0 Å². The normalized spacial score (nSPS) is 24.3. The Labute approximate surface area is 174 Å². The topological polar surface area (TPSA) is 69.9 Å². The van der Waals surface area contributed by atoms with Gasteiger partial charge in [-0.1, -0.05) is 41.7 Å². The number of carbonyl (C=O) groups is 1. The minimum Gasteiger partial charge on any atom is -0.469 e. The lowest BCUT2D eigenvalue weighted by Gasteiger charge is -2.44. The number of hydrogen-bond acceptors (Lipinski definition) is 6.